The zero-order chi connectivity index (χ0) is 12.2. The molecule has 3 N–H and O–H groups in total. The molecule has 1 aromatic rings. The average molecular weight is 285 g/mol. The first kappa shape index (κ1) is 13.2. The summed E-state index contributed by atoms with van der Waals surface area (Å²) >= 11 is 3.39. The normalized spacial score (nSPS) is 14.4. The van der Waals surface area contributed by atoms with Crippen LogP contribution in [0.25, 0.3) is 0 Å². The number of rotatable bonds is 5. The second-order valence-corrected chi connectivity index (χ2v) is 4.84. The maximum absolute atomic E-state index is 11.6. The van der Waals surface area contributed by atoms with Crippen molar-refractivity contribution in [3.8, 4) is 0 Å². The maximum atomic E-state index is 11.6. The first-order valence-electron chi connectivity index (χ1n) is 5.31. The van der Waals surface area contributed by atoms with Gasteiger partial charge in [0, 0.05) is 4.47 Å². The fourth-order valence-corrected chi connectivity index (χ4v) is 1.91. The SMILES string of the molecule is CCCNC(C)(C(N)=O)c1cccc(Br)c1. The number of hydrogen-bond donors (Lipinski definition) is 2. The van der Waals surface area contributed by atoms with Crippen LogP contribution in [0.4, 0.5) is 0 Å². The van der Waals surface area contributed by atoms with Crippen LogP contribution in [0.5, 0.6) is 0 Å². The van der Waals surface area contributed by atoms with Gasteiger partial charge < -0.3 is 5.73 Å². The Balaban J connectivity index is 3.06. The highest BCUT2D eigenvalue weighted by Crippen LogP contribution is 2.23. The third-order valence-corrected chi connectivity index (χ3v) is 3.12. The van der Waals surface area contributed by atoms with Crippen LogP contribution in [0, 0.1) is 0 Å². The molecule has 0 bridgehead atoms. The van der Waals surface area contributed by atoms with Gasteiger partial charge in [0.1, 0.15) is 5.54 Å². The molecule has 0 radical (unpaired) electrons. The van der Waals surface area contributed by atoms with Crippen LogP contribution in [0.15, 0.2) is 28.7 Å². The predicted molar refractivity (Wildman–Crippen MR) is 69.0 cm³/mol. The number of benzene rings is 1. The zero-order valence-electron chi connectivity index (χ0n) is 9.59. The summed E-state index contributed by atoms with van der Waals surface area (Å²) in [4.78, 5) is 11.6. The van der Waals surface area contributed by atoms with E-state index in [0.717, 1.165) is 23.0 Å². The molecule has 1 amide bonds. The monoisotopic (exact) mass is 284 g/mol. The van der Waals surface area contributed by atoms with Crippen molar-refractivity contribution in [2.45, 2.75) is 25.8 Å². The van der Waals surface area contributed by atoms with Gasteiger partial charge in [-0.05, 0) is 37.6 Å². The summed E-state index contributed by atoms with van der Waals surface area (Å²) in [5.41, 5.74) is 5.55. The number of halogens is 1. The minimum atomic E-state index is -0.806. The van der Waals surface area contributed by atoms with E-state index >= 15 is 0 Å². The quantitative estimate of drug-likeness (QED) is 0.871. The number of primary amides is 1. The molecule has 1 atom stereocenters. The number of nitrogens with two attached hydrogens (primary N) is 1. The van der Waals surface area contributed by atoms with Crippen molar-refractivity contribution in [1.29, 1.82) is 0 Å². The molecule has 1 aromatic carbocycles. The van der Waals surface area contributed by atoms with Gasteiger partial charge in [0.05, 0.1) is 0 Å². The van der Waals surface area contributed by atoms with Gasteiger partial charge in [-0.2, -0.15) is 0 Å². The molecule has 3 nitrogen and oxygen atoms in total. The Morgan fingerprint density at radius 2 is 2.25 bits per heavy atom. The summed E-state index contributed by atoms with van der Waals surface area (Å²) in [6, 6.07) is 7.63. The van der Waals surface area contributed by atoms with Gasteiger partial charge in [-0.1, -0.05) is 35.0 Å². The van der Waals surface area contributed by atoms with Crippen LogP contribution >= 0.6 is 15.9 Å². The summed E-state index contributed by atoms with van der Waals surface area (Å²) in [5.74, 6) is -0.362. The summed E-state index contributed by atoms with van der Waals surface area (Å²) < 4.78 is 0.941. The van der Waals surface area contributed by atoms with Gasteiger partial charge in [-0.25, -0.2) is 0 Å². The van der Waals surface area contributed by atoms with Crippen LogP contribution in [-0.2, 0) is 10.3 Å². The highest BCUT2D eigenvalue weighted by Gasteiger charge is 2.32. The van der Waals surface area contributed by atoms with Gasteiger partial charge in [0.2, 0.25) is 5.91 Å². The Bertz CT molecular complexity index is 381. The molecular formula is C12H17BrN2O. The molecule has 0 saturated heterocycles. The van der Waals surface area contributed by atoms with E-state index in [2.05, 4.69) is 28.2 Å². The van der Waals surface area contributed by atoms with Gasteiger partial charge in [-0.3, -0.25) is 10.1 Å². The lowest BCUT2D eigenvalue weighted by atomic mass is 9.91. The van der Waals surface area contributed by atoms with Gasteiger partial charge in [-0.15, -0.1) is 0 Å². The van der Waals surface area contributed by atoms with Crippen molar-refractivity contribution in [2.24, 2.45) is 5.73 Å². The second-order valence-electron chi connectivity index (χ2n) is 3.93. The Hall–Kier alpha value is -0.870. The van der Waals surface area contributed by atoms with Crippen LogP contribution in [0.3, 0.4) is 0 Å². The van der Waals surface area contributed by atoms with E-state index in [4.69, 9.17) is 5.73 Å². The molecule has 0 aromatic heterocycles. The fourth-order valence-electron chi connectivity index (χ4n) is 1.51. The van der Waals surface area contributed by atoms with Crippen LogP contribution < -0.4 is 11.1 Å². The van der Waals surface area contributed by atoms with E-state index in [1.54, 1.807) is 0 Å². The largest absolute Gasteiger partial charge is 0.368 e. The van der Waals surface area contributed by atoms with Crippen molar-refractivity contribution in [2.75, 3.05) is 6.54 Å². The van der Waals surface area contributed by atoms with Gasteiger partial charge >= 0.3 is 0 Å². The van der Waals surface area contributed by atoms with Crippen molar-refractivity contribution in [3.63, 3.8) is 0 Å². The van der Waals surface area contributed by atoms with E-state index < -0.39 is 5.54 Å². The zero-order valence-corrected chi connectivity index (χ0v) is 11.2. The van der Waals surface area contributed by atoms with Crippen molar-refractivity contribution in [1.82, 2.24) is 5.32 Å². The molecule has 0 fully saturated rings. The number of hydrogen-bond acceptors (Lipinski definition) is 2. The first-order valence-corrected chi connectivity index (χ1v) is 6.11. The second kappa shape index (κ2) is 5.46. The van der Waals surface area contributed by atoms with E-state index in [9.17, 15) is 4.79 Å². The molecular weight excluding hydrogens is 268 g/mol. The third kappa shape index (κ3) is 2.83. The number of carbonyl (C=O) groups excluding carboxylic acids is 1. The molecule has 88 valence electrons. The lowest BCUT2D eigenvalue weighted by Crippen LogP contribution is -2.50. The van der Waals surface area contributed by atoms with Crippen molar-refractivity contribution >= 4 is 21.8 Å². The van der Waals surface area contributed by atoms with E-state index in [1.807, 2.05) is 31.2 Å². The maximum Gasteiger partial charge on any atom is 0.242 e. The molecule has 1 unspecified atom stereocenters. The average Bonchev–Trinajstić information content (AvgIpc) is 2.25. The molecule has 0 aliphatic heterocycles. The van der Waals surface area contributed by atoms with Gasteiger partial charge in [0.15, 0.2) is 0 Å². The van der Waals surface area contributed by atoms with Crippen LogP contribution in [-0.4, -0.2) is 12.5 Å². The molecule has 1 rings (SSSR count). The Morgan fingerprint density at radius 1 is 1.56 bits per heavy atom. The van der Waals surface area contributed by atoms with Crippen LogP contribution in [0.2, 0.25) is 0 Å². The van der Waals surface area contributed by atoms with E-state index in [0.29, 0.717) is 0 Å². The summed E-state index contributed by atoms with van der Waals surface area (Å²) in [6.45, 7) is 4.62. The Morgan fingerprint density at radius 3 is 2.75 bits per heavy atom. The van der Waals surface area contributed by atoms with Crippen LogP contribution in [0.1, 0.15) is 25.8 Å². The third-order valence-electron chi connectivity index (χ3n) is 2.62. The van der Waals surface area contributed by atoms with E-state index in [1.165, 1.54) is 0 Å². The first-order chi connectivity index (χ1) is 7.50. The topological polar surface area (TPSA) is 55.1 Å². The number of amides is 1. The molecule has 4 heteroatoms. The minimum absolute atomic E-state index is 0.362. The van der Waals surface area contributed by atoms with E-state index in [-0.39, 0.29) is 5.91 Å². The fraction of sp³-hybridized carbons (Fsp3) is 0.417. The lowest BCUT2D eigenvalue weighted by molar-refractivity contribution is -0.124. The number of nitrogens with one attached hydrogen (secondary N) is 1. The van der Waals surface area contributed by atoms with Crippen molar-refractivity contribution in [3.05, 3.63) is 34.3 Å². The molecule has 0 aliphatic rings. The summed E-state index contributed by atoms with van der Waals surface area (Å²) in [6.07, 6.45) is 0.955. The Kier molecular flexibility index (Phi) is 4.50. The highest BCUT2D eigenvalue weighted by atomic mass is 79.9. The molecule has 0 heterocycles. The van der Waals surface area contributed by atoms with Crippen molar-refractivity contribution < 1.29 is 4.79 Å². The molecule has 0 aliphatic carbocycles. The molecule has 0 saturated carbocycles. The summed E-state index contributed by atoms with van der Waals surface area (Å²) in [7, 11) is 0. The van der Waals surface area contributed by atoms with Gasteiger partial charge in [0.25, 0.3) is 0 Å². The standard InChI is InChI=1S/C12H17BrN2O/c1-3-7-15-12(2,11(14)16)9-5-4-6-10(13)8-9/h4-6,8,15H,3,7H2,1-2H3,(H2,14,16). The highest BCUT2D eigenvalue weighted by molar-refractivity contribution is 9.10. The Labute approximate surface area is 105 Å². The minimum Gasteiger partial charge on any atom is -0.368 e. The smallest absolute Gasteiger partial charge is 0.242 e. The predicted octanol–water partition coefficient (Wildman–Crippen LogP) is 2.15. The molecule has 16 heavy (non-hydrogen) atoms. The summed E-state index contributed by atoms with van der Waals surface area (Å²) in [5, 5.41) is 3.19. The molecule has 0 spiro atoms. The lowest BCUT2D eigenvalue weighted by Gasteiger charge is -2.28. The number of carbonyl (C=O) groups is 1.